The highest BCUT2D eigenvalue weighted by molar-refractivity contribution is 7.13. The number of amides is 1. The number of rotatable bonds is 6. The van der Waals surface area contributed by atoms with E-state index in [2.05, 4.69) is 10.3 Å². The lowest BCUT2D eigenvalue weighted by atomic mass is 10.1. The number of benzene rings is 2. The Kier molecular flexibility index (Phi) is 5.17. The smallest absolute Gasteiger partial charge is 0.220 e. The first kappa shape index (κ1) is 15.4. The molecule has 0 saturated heterocycles. The molecule has 0 radical (unpaired) electrons. The van der Waals surface area contributed by atoms with Crippen LogP contribution in [0.3, 0.4) is 0 Å². The van der Waals surface area contributed by atoms with Gasteiger partial charge in [-0.1, -0.05) is 60.7 Å². The second-order valence-electron chi connectivity index (χ2n) is 5.27. The van der Waals surface area contributed by atoms with E-state index in [0.29, 0.717) is 13.0 Å². The summed E-state index contributed by atoms with van der Waals surface area (Å²) in [6.07, 6.45) is 1.26. The maximum Gasteiger partial charge on any atom is 0.220 e. The molecule has 116 valence electrons. The first-order valence-corrected chi connectivity index (χ1v) is 8.50. The van der Waals surface area contributed by atoms with Crippen molar-refractivity contribution in [2.45, 2.75) is 19.4 Å². The molecule has 0 atom stereocenters. The average molecular weight is 322 g/mol. The summed E-state index contributed by atoms with van der Waals surface area (Å²) in [7, 11) is 0. The van der Waals surface area contributed by atoms with Crippen LogP contribution in [0.1, 0.15) is 17.7 Å². The molecule has 0 aliphatic carbocycles. The molecule has 2 aromatic carbocycles. The van der Waals surface area contributed by atoms with Crippen molar-refractivity contribution in [2.24, 2.45) is 0 Å². The summed E-state index contributed by atoms with van der Waals surface area (Å²) in [6.45, 7) is 0.483. The number of nitrogens with zero attached hydrogens (tertiary/aromatic N) is 1. The third-order valence-electron chi connectivity index (χ3n) is 3.52. The Morgan fingerprint density at radius 1 is 1.00 bits per heavy atom. The van der Waals surface area contributed by atoms with Gasteiger partial charge in [-0.3, -0.25) is 4.79 Å². The fourth-order valence-corrected chi connectivity index (χ4v) is 3.11. The minimum absolute atomic E-state index is 0.0584. The number of aryl methyl sites for hydroxylation is 1. The van der Waals surface area contributed by atoms with Crippen LogP contribution in [0.4, 0.5) is 0 Å². The Balaban J connectivity index is 1.49. The number of hydrogen-bond acceptors (Lipinski definition) is 3. The Morgan fingerprint density at radius 3 is 2.43 bits per heavy atom. The van der Waals surface area contributed by atoms with Crippen LogP contribution in [0.25, 0.3) is 10.6 Å². The Labute approximate surface area is 140 Å². The van der Waals surface area contributed by atoms with Gasteiger partial charge in [-0.05, 0) is 12.0 Å². The fraction of sp³-hybridized carbons (Fsp3) is 0.158. The van der Waals surface area contributed by atoms with E-state index < -0.39 is 0 Å². The second-order valence-corrected chi connectivity index (χ2v) is 6.13. The zero-order valence-corrected chi connectivity index (χ0v) is 13.6. The van der Waals surface area contributed by atoms with Crippen molar-refractivity contribution >= 4 is 17.2 Å². The van der Waals surface area contributed by atoms with E-state index in [4.69, 9.17) is 0 Å². The highest BCUT2D eigenvalue weighted by atomic mass is 32.1. The van der Waals surface area contributed by atoms with Gasteiger partial charge in [0.1, 0.15) is 5.01 Å². The molecule has 3 aromatic rings. The Morgan fingerprint density at radius 2 is 1.70 bits per heavy atom. The fourth-order valence-electron chi connectivity index (χ4n) is 2.28. The maximum atomic E-state index is 11.9. The topological polar surface area (TPSA) is 42.0 Å². The Hall–Kier alpha value is -2.46. The van der Waals surface area contributed by atoms with Gasteiger partial charge in [0.15, 0.2) is 0 Å². The molecule has 3 nitrogen and oxygen atoms in total. The molecule has 0 aliphatic heterocycles. The minimum atomic E-state index is 0.0584. The third kappa shape index (κ3) is 4.50. The van der Waals surface area contributed by atoms with Crippen molar-refractivity contribution in [3.05, 3.63) is 77.3 Å². The monoisotopic (exact) mass is 322 g/mol. The number of carbonyl (C=O) groups is 1. The molecular weight excluding hydrogens is 304 g/mol. The molecule has 0 saturated carbocycles. The van der Waals surface area contributed by atoms with Crippen LogP contribution >= 0.6 is 11.3 Å². The second kappa shape index (κ2) is 7.70. The summed E-state index contributed by atoms with van der Waals surface area (Å²) in [6, 6.07) is 20.1. The highest BCUT2D eigenvalue weighted by Crippen LogP contribution is 2.23. The standard InChI is InChI=1S/C19H18N2OS/c22-18(12-11-15-7-3-1-4-8-15)20-13-17-14-23-19(21-17)16-9-5-2-6-10-16/h1-10,14H,11-13H2,(H,20,22). The van der Waals surface area contributed by atoms with E-state index in [-0.39, 0.29) is 5.91 Å². The van der Waals surface area contributed by atoms with Gasteiger partial charge in [0.25, 0.3) is 0 Å². The van der Waals surface area contributed by atoms with E-state index >= 15 is 0 Å². The molecule has 0 fully saturated rings. The molecule has 0 bridgehead atoms. The maximum absolute atomic E-state index is 11.9. The van der Waals surface area contributed by atoms with E-state index in [1.54, 1.807) is 11.3 Å². The SMILES string of the molecule is O=C(CCc1ccccc1)NCc1csc(-c2ccccc2)n1. The van der Waals surface area contributed by atoms with Crippen LogP contribution in [0, 0.1) is 0 Å². The Bertz CT molecular complexity index is 753. The number of nitrogens with one attached hydrogen (secondary N) is 1. The number of carbonyl (C=O) groups excluding carboxylic acids is 1. The van der Waals surface area contributed by atoms with Crippen LogP contribution in [0.15, 0.2) is 66.0 Å². The van der Waals surface area contributed by atoms with Crippen molar-refractivity contribution in [2.75, 3.05) is 0 Å². The van der Waals surface area contributed by atoms with Gasteiger partial charge < -0.3 is 5.32 Å². The first-order chi connectivity index (χ1) is 11.3. The molecule has 3 rings (SSSR count). The summed E-state index contributed by atoms with van der Waals surface area (Å²) in [5.74, 6) is 0.0584. The average Bonchev–Trinajstić information content (AvgIpc) is 3.09. The van der Waals surface area contributed by atoms with Gasteiger partial charge in [-0.15, -0.1) is 11.3 Å². The van der Waals surface area contributed by atoms with Gasteiger partial charge in [0, 0.05) is 17.4 Å². The third-order valence-corrected chi connectivity index (χ3v) is 4.46. The predicted octanol–water partition coefficient (Wildman–Crippen LogP) is 4.06. The van der Waals surface area contributed by atoms with Gasteiger partial charge in [-0.2, -0.15) is 0 Å². The van der Waals surface area contributed by atoms with E-state index in [1.165, 1.54) is 5.56 Å². The van der Waals surface area contributed by atoms with Gasteiger partial charge in [-0.25, -0.2) is 4.98 Å². The van der Waals surface area contributed by atoms with Crippen LogP contribution in [-0.2, 0) is 17.8 Å². The number of hydrogen-bond donors (Lipinski definition) is 1. The van der Waals surface area contributed by atoms with Crippen molar-refractivity contribution in [3.8, 4) is 10.6 Å². The molecule has 0 aliphatic rings. The van der Waals surface area contributed by atoms with Gasteiger partial charge in [0.2, 0.25) is 5.91 Å². The largest absolute Gasteiger partial charge is 0.350 e. The van der Waals surface area contributed by atoms with Crippen molar-refractivity contribution < 1.29 is 4.79 Å². The van der Waals surface area contributed by atoms with Crippen molar-refractivity contribution in [1.82, 2.24) is 10.3 Å². The van der Waals surface area contributed by atoms with Crippen molar-refractivity contribution in [3.63, 3.8) is 0 Å². The molecule has 1 heterocycles. The summed E-state index contributed by atoms with van der Waals surface area (Å²) in [4.78, 5) is 16.5. The number of thiazole rings is 1. The van der Waals surface area contributed by atoms with E-state index in [1.807, 2.05) is 66.0 Å². The quantitative estimate of drug-likeness (QED) is 0.743. The highest BCUT2D eigenvalue weighted by Gasteiger charge is 2.06. The van der Waals surface area contributed by atoms with Crippen molar-refractivity contribution in [1.29, 1.82) is 0 Å². The van der Waals surface area contributed by atoms with Crippen LogP contribution in [0.5, 0.6) is 0 Å². The normalized spacial score (nSPS) is 10.4. The lowest BCUT2D eigenvalue weighted by Gasteiger charge is -2.03. The van der Waals surface area contributed by atoms with Gasteiger partial charge >= 0.3 is 0 Å². The first-order valence-electron chi connectivity index (χ1n) is 7.62. The van der Waals surface area contributed by atoms with E-state index in [0.717, 1.165) is 22.7 Å². The predicted molar refractivity (Wildman–Crippen MR) is 94.2 cm³/mol. The zero-order chi connectivity index (χ0) is 15.9. The summed E-state index contributed by atoms with van der Waals surface area (Å²) in [5, 5.41) is 5.92. The van der Waals surface area contributed by atoms with Crippen LogP contribution in [-0.4, -0.2) is 10.9 Å². The summed E-state index contributed by atoms with van der Waals surface area (Å²) < 4.78 is 0. The van der Waals surface area contributed by atoms with Crippen LogP contribution < -0.4 is 5.32 Å². The molecule has 23 heavy (non-hydrogen) atoms. The molecule has 0 unspecified atom stereocenters. The van der Waals surface area contributed by atoms with Crippen LogP contribution in [0.2, 0.25) is 0 Å². The summed E-state index contributed by atoms with van der Waals surface area (Å²) in [5.41, 5.74) is 3.20. The molecule has 0 spiro atoms. The van der Waals surface area contributed by atoms with Gasteiger partial charge in [0.05, 0.1) is 12.2 Å². The molecular formula is C19H18N2OS. The lowest BCUT2D eigenvalue weighted by Crippen LogP contribution is -2.23. The van der Waals surface area contributed by atoms with E-state index in [9.17, 15) is 4.79 Å². The minimum Gasteiger partial charge on any atom is -0.350 e. The molecule has 1 amide bonds. The number of aromatic nitrogens is 1. The summed E-state index contributed by atoms with van der Waals surface area (Å²) >= 11 is 1.60. The molecule has 1 N–H and O–H groups in total. The molecule has 4 heteroatoms. The lowest BCUT2D eigenvalue weighted by molar-refractivity contribution is -0.121. The zero-order valence-electron chi connectivity index (χ0n) is 12.7. The molecule has 1 aromatic heterocycles.